The normalized spacial score (nSPS) is 11.4. The van der Waals surface area contributed by atoms with Gasteiger partial charge >= 0.3 is 6.18 Å². The number of aromatic hydroxyl groups is 1. The van der Waals surface area contributed by atoms with E-state index in [2.05, 4.69) is 0 Å². The van der Waals surface area contributed by atoms with Gasteiger partial charge in [-0.05, 0) is 40.8 Å². The molecule has 19 heavy (non-hydrogen) atoms. The average molecular weight is 408 g/mol. The maximum Gasteiger partial charge on any atom is 0.406 e. The summed E-state index contributed by atoms with van der Waals surface area (Å²) in [6, 6.07) is 3.96. The topological polar surface area (TPSA) is 40.5 Å². The first-order valence-corrected chi connectivity index (χ1v) is 6.76. The lowest BCUT2D eigenvalue weighted by atomic mass is 10.2. The Balaban J connectivity index is 2.95. The van der Waals surface area contributed by atoms with E-state index in [0.29, 0.717) is 8.47 Å². The molecule has 0 aliphatic carbocycles. The van der Waals surface area contributed by atoms with Crippen molar-refractivity contribution in [1.29, 1.82) is 0 Å². The Morgan fingerprint density at radius 1 is 1.42 bits per heavy atom. The molecule has 8 heteroatoms. The fourth-order valence-corrected chi connectivity index (χ4v) is 1.94. The van der Waals surface area contributed by atoms with E-state index in [1.54, 1.807) is 0 Å². The van der Waals surface area contributed by atoms with E-state index in [4.69, 9.17) is 11.6 Å². The highest BCUT2D eigenvalue weighted by Gasteiger charge is 2.33. The molecule has 0 radical (unpaired) electrons. The van der Waals surface area contributed by atoms with E-state index in [9.17, 15) is 23.1 Å². The SMILES string of the molecule is O=C(c1ccc(I)c(O)c1)N(CCCl)CC(F)(F)F. The third-order valence-corrected chi connectivity index (χ3v) is 3.29. The number of hydrogen-bond acceptors (Lipinski definition) is 2. The van der Waals surface area contributed by atoms with Gasteiger partial charge in [0.05, 0.1) is 3.57 Å². The van der Waals surface area contributed by atoms with E-state index >= 15 is 0 Å². The quantitative estimate of drug-likeness (QED) is 0.615. The molecule has 1 N–H and O–H groups in total. The summed E-state index contributed by atoms with van der Waals surface area (Å²) in [7, 11) is 0. The fourth-order valence-electron chi connectivity index (χ4n) is 1.40. The minimum atomic E-state index is -4.49. The Kier molecular flexibility index (Phi) is 5.72. The van der Waals surface area contributed by atoms with Gasteiger partial charge in [0.2, 0.25) is 0 Å². The van der Waals surface area contributed by atoms with Crippen LogP contribution in [0, 0.1) is 3.57 Å². The summed E-state index contributed by atoms with van der Waals surface area (Å²) in [5, 5.41) is 9.47. The number of nitrogens with zero attached hydrogens (tertiary/aromatic N) is 1. The smallest absolute Gasteiger partial charge is 0.406 e. The van der Waals surface area contributed by atoms with Crippen LogP contribution >= 0.6 is 34.2 Å². The number of rotatable bonds is 4. The molecule has 0 bridgehead atoms. The Morgan fingerprint density at radius 2 is 2.05 bits per heavy atom. The van der Waals surface area contributed by atoms with Gasteiger partial charge in [0.15, 0.2) is 0 Å². The van der Waals surface area contributed by atoms with Gasteiger partial charge in [-0.3, -0.25) is 4.79 Å². The third kappa shape index (κ3) is 5.06. The van der Waals surface area contributed by atoms with Gasteiger partial charge in [0.25, 0.3) is 5.91 Å². The number of alkyl halides is 4. The zero-order chi connectivity index (χ0) is 14.6. The highest BCUT2D eigenvalue weighted by Crippen LogP contribution is 2.23. The summed E-state index contributed by atoms with van der Waals surface area (Å²) in [5.41, 5.74) is -0.00715. The summed E-state index contributed by atoms with van der Waals surface area (Å²) >= 11 is 7.25. The predicted molar refractivity (Wildman–Crippen MR) is 73.5 cm³/mol. The van der Waals surface area contributed by atoms with Crippen LogP contribution in [0.4, 0.5) is 13.2 Å². The first kappa shape index (κ1) is 16.4. The van der Waals surface area contributed by atoms with E-state index in [-0.39, 0.29) is 23.7 Å². The number of hydrogen-bond donors (Lipinski definition) is 1. The monoisotopic (exact) mass is 407 g/mol. The molecule has 0 aromatic heterocycles. The number of carbonyl (C=O) groups excluding carboxylic acids is 1. The van der Waals surface area contributed by atoms with Gasteiger partial charge in [0, 0.05) is 18.0 Å². The average Bonchev–Trinajstić information content (AvgIpc) is 2.29. The molecule has 0 fully saturated rings. The molecule has 0 saturated carbocycles. The molecule has 1 amide bonds. The Labute approximate surface area is 126 Å². The molecule has 1 rings (SSSR count). The summed E-state index contributed by atoms with van der Waals surface area (Å²) in [4.78, 5) is 12.5. The molecule has 0 aliphatic heterocycles. The molecule has 0 atom stereocenters. The second-order valence-electron chi connectivity index (χ2n) is 3.70. The number of phenolic OH excluding ortho intramolecular Hbond substituents is 1. The molecule has 1 aromatic carbocycles. The minimum Gasteiger partial charge on any atom is -0.507 e. The lowest BCUT2D eigenvalue weighted by Gasteiger charge is -2.23. The van der Waals surface area contributed by atoms with Crippen molar-refractivity contribution in [3.8, 4) is 5.75 Å². The highest BCUT2D eigenvalue weighted by atomic mass is 127. The Morgan fingerprint density at radius 3 is 2.53 bits per heavy atom. The van der Waals surface area contributed by atoms with Gasteiger partial charge < -0.3 is 10.0 Å². The lowest BCUT2D eigenvalue weighted by Crippen LogP contribution is -2.40. The van der Waals surface area contributed by atoms with E-state index < -0.39 is 18.6 Å². The molecular formula is C11H10ClF3INO2. The van der Waals surface area contributed by atoms with Gasteiger partial charge in [-0.1, -0.05) is 0 Å². The van der Waals surface area contributed by atoms with Crippen molar-refractivity contribution in [2.45, 2.75) is 6.18 Å². The van der Waals surface area contributed by atoms with Gasteiger partial charge in [-0.15, -0.1) is 11.6 Å². The standard InChI is InChI=1S/C11H10ClF3INO2/c12-3-4-17(6-11(13,14)15)10(19)7-1-2-8(16)9(18)5-7/h1-2,5,18H,3-4,6H2. The predicted octanol–water partition coefficient (Wildman–Crippen LogP) is 3.24. The number of halogens is 5. The minimum absolute atomic E-state index is 0.00715. The van der Waals surface area contributed by atoms with Crippen molar-refractivity contribution >= 4 is 40.1 Å². The lowest BCUT2D eigenvalue weighted by molar-refractivity contribution is -0.140. The van der Waals surface area contributed by atoms with E-state index in [1.807, 2.05) is 22.6 Å². The first-order chi connectivity index (χ1) is 8.74. The van der Waals surface area contributed by atoms with Crippen LogP contribution in [0.2, 0.25) is 0 Å². The molecule has 0 heterocycles. The summed E-state index contributed by atoms with van der Waals surface area (Å²) in [5.74, 6) is -1.06. The van der Waals surface area contributed by atoms with Crippen molar-refractivity contribution in [1.82, 2.24) is 4.90 Å². The van der Waals surface area contributed by atoms with Crippen LogP contribution < -0.4 is 0 Å². The van der Waals surface area contributed by atoms with Crippen molar-refractivity contribution in [3.63, 3.8) is 0 Å². The van der Waals surface area contributed by atoms with Crippen LogP contribution in [0.15, 0.2) is 18.2 Å². The summed E-state index contributed by atoms with van der Waals surface area (Å²) in [6.07, 6.45) is -4.49. The number of benzene rings is 1. The fraction of sp³-hybridized carbons (Fsp3) is 0.364. The zero-order valence-electron chi connectivity index (χ0n) is 9.55. The number of carbonyl (C=O) groups is 1. The van der Waals surface area contributed by atoms with Crippen molar-refractivity contribution in [2.24, 2.45) is 0 Å². The molecule has 0 unspecified atom stereocenters. The largest absolute Gasteiger partial charge is 0.507 e. The van der Waals surface area contributed by atoms with Crippen LogP contribution in [0.5, 0.6) is 5.75 Å². The van der Waals surface area contributed by atoms with E-state index in [1.165, 1.54) is 12.1 Å². The van der Waals surface area contributed by atoms with Crippen molar-refractivity contribution < 1.29 is 23.1 Å². The van der Waals surface area contributed by atoms with Gasteiger partial charge in [-0.2, -0.15) is 13.2 Å². The van der Waals surface area contributed by atoms with E-state index in [0.717, 1.165) is 6.07 Å². The number of phenols is 1. The molecule has 1 aromatic rings. The first-order valence-electron chi connectivity index (χ1n) is 5.15. The van der Waals surface area contributed by atoms with Crippen molar-refractivity contribution in [3.05, 3.63) is 27.3 Å². The van der Waals surface area contributed by atoms with Crippen LogP contribution in [-0.2, 0) is 0 Å². The number of amides is 1. The molecule has 0 spiro atoms. The molecular weight excluding hydrogens is 397 g/mol. The molecule has 0 aliphatic rings. The molecule has 3 nitrogen and oxygen atoms in total. The van der Waals surface area contributed by atoms with Crippen molar-refractivity contribution in [2.75, 3.05) is 19.0 Å². The van der Waals surface area contributed by atoms with Crippen LogP contribution in [0.25, 0.3) is 0 Å². The molecule has 106 valence electrons. The van der Waals surface area contributed by atoms with Gasteiger partial charge in [0.1, 0.15) is 12.3 Å². The summed E-state index contributed by atoms with van der Waals surface area (Å²) in [6.45, 7) is -1.59. The van der Waals surface area contributed by atoms with Crippen LogP contribution in [-0.4, -0.2) is 41.1 Å². The van der Waals surface area contributed by atoms with Gasteiger partial charge in [-0.25, -0.2) is 0 Å². The third-order valence-electron chi connectivity index (χ3n) is 2.20. The zero-order valence-corrected chi connectivity index (χ0v) is 12.5. The second kappa shape index (κ2) is 6.65. The summed E-state index contributed by atoms with van der Waals surface area (Å²) < 4.78 is 37.6. The highest BCUT2D eigenvalue weighted by molar-refractivity contribution is 14.1. The maximum absolute atomic E-state index is 12.4. The molecule has 0 saturated heterocycles. The van der Waals surface area contributed by atoms with Crippen LogP contribution in [0.3, 0.4) is 0 Å². The Bertz CT molecular complexity index is 468. The second-order valence-corrected chi connectivity index (χ2v) is 5.24. The maximum atomic E-state index is 12.4. The Hall–Kier alpha value is -0.700. The van der Waals surface area contributed by atoms with Crippen LogP contribution in [0.1, 0.15) is 10.4 Å².